The van der Waals surface area contributed by atoms with E-state index in [1.54, 1.807) is 6.08 Å². The second-order valence-corrected chi connectivity index (χ2v) is 6.65. The molecule has 0 saturated carbocycles. The Morgan fingerprint density at radius 3 is 1.96 bits per heavy atom. The van der Waals surface area contributed by atoms with E-state index >= 15 is 0 Å². The highest BCUT2D eigenvalue weighted by molar-refractivity contribution is 9.10. The quantitative estimate of drug-likeness (QED) is 0.365. The van der Waals surface area contributed by atoms with Gasteiger partial charge in [-0.05, 0) is 63.7 Å². The molecular formula is C26H25Br. The number of hydrogen-bond acceptors (Lipinski definition) is 0. The first-order valence-electron chi connectivity index (χ1n) is 9.13. The third kappa shape index (κ3) is 5.42. The lowest BCUT2D eigenvalue weighted by Crippen LogP contribution is -1.88. The molecule has 136 valence electrons. The highest BCUT2D eigenvalue weighted by atomic mass is 79.9. The number of hydrogen-bond donors (Lipinski definition) is 0. The molecule has 0 spiro atoms. The van der Waals surface area contributed by atoms with Crippen LogP contribution >= 0.6 is 15.9 Å². The van der Waals surface area contributed by atoms with Gasteiger partial charge in [-0.15, -0.1) is 0 Å². The van der Waals surface area contributed by atoms with E-state index in [1.807, 2.05) is 38.1 Å². The molecule has 0 bridgehead atoms. The van der Waals surface area contributed by atoms with Gasteiger partial charge in [0.05, 0.1) is 0 Å². The van der Waals surface area contributed by atoms with Crippen molar-refractivity contribution in [1.82, 2.24) is 0 Å². The Morgan fingerprint density at radius 1 is 0.741 bits per heavy atom. The van der Waals surface area contributed by atoms with Gasteiger partial charge in [0.2, 0.25) is 0 Å². The van der Waals surface area contributed by atoms with Crippen molar-refractivity contribution in [2.45, 2.75) is 13.8 Å². The molecule has 3 rings (SSSR count). The summed E-state index contributed by atoms with van der Waals surface area (Å²) in [6, 6.07) is 25.4. The summed E-state index contributed by atoms with van der Waals surface area (Å²) >= 11 is 3.57. The maximum atomic E-state index is 3.95. The average molecular weight is 417 g/mol. The maximum absolute atomic E-state index is 3.95. The van der Waals surface area contributed by atoms with E-state index in [-0.39, 0.29) is 0 Å². The fraction of sp³-hybridized carbons (Fsp3) is 0.0769. The van der Waals surface area contributed by atoms with Crippen molar-refractivity contribution >= 4 is 21.5 Å². The molecule has 0 fully saturated rings. The Labute approximate surface area is 171 Å². The van der Waals surface area contributed by atoms with Gasteiger partial charge in [-0.1, -0.05) is 104 Å². The average Bonchev–Trinajstić information content (AvgIpc) is 2.74. The summed E-state index contributed by atoms with van der Waals surface area (Å²) in [7, 11) is 0. The normalized spacial score (nSPS) is 10.6. The van der Waals surface area contributed by atoms with Gasteiger partial charge in [0.25, 0.3) is 0 Å². The molecule has 0 atom stereocenters. The number of allylic oxidation sites excluding steroid dienone is 4. The van der Waals surface area contributed by atoms with Crippen molar-refractivity contribution in [3.8, 4) is 22.3 Å². The summed E-state index contributed by atoms with van der Waals surface area (Å²) in [4.78, 5) is 0. The van der Waals surface area contributed by atoms with Gasteiger partial charge in [0, 0.05) is 4.47 Å². The minimum Gasteiger partial charge on any atom is -0.0990 e. The highest BCUT2D eigenvalue weighted by Crippen LogP contribution is 2.32. The van der Waals surface area contributed by atoms with E-state index in [0.29, 0.717) is 0 Å². The minimum atomic E-state index is 1.06. The van der Waals surface area contributed by atoms with E-state index in [1.165, 1.54) is 22.3 Å². The molecule has 0 aliphatic rings. The molecule has 3 aromatic rings. The maximum Gasteiger partial charge on any atom is 0.0181 e. The Balaban J connectivity index is 0.00000126. The van der Waals surface area contributed by atoms with Crippen LogP contribution in [0.4, 0.5) is 0 Å². The van der Waals surface area contributed by atoms with Crippen LogP contribution in [0.3, 0.4) is 0 Å². The van der Waals surface area contributed by atoms with Crippen LogP contribution in [0, 0.1) is 0 Å². The zero-order valence-electron chi connectivity index (χ0n) is 16.0. The smallest absolute Gasteiger partial charge is 0.0181 e. The van der Waals surface area contributed by atoms with Crippen molar-refractivity contribution in [1.29, 1.82) is 0 Å². The number of benzene rings is 3. The molecule has 0 unspecified atom stereocenters. The van der Waals surface area contributed by atoms with Crippen LogP contribution in [-0.2, 0) is 0 Å². The molecule has 3 aromatic carbocycles. The molecule has 0 amide bonds. The second-order valence-electron chi connectivity index (χ2n) is 5.74. The lowest BCUT2D eigenvalue weighted by atomic mass is 9.93. The SMILES string of the molecule is C=C/C=C(\C=C)c1cc(-c2ccccc2)cc(-c2cccc(Br)c2)c1.CC. The van der Waals surface area contributed by atoms with Crippen LogP contribution < -0.4 is 0 Å². The first kappa shape index (κ1) is 20.7. The van der Waals surface area contributed by atoms with Gasteiger partial charge in [0.1, 0.15) is 0 Å². The largest absolute Gasteiger partial charge is 0.0990 e. The molecule has 0 aliphatic carbocycles. The molecule has 27 heavy (non-hydrogen) atoms. The fourth-order valence-electron chi connectivity index (χ4n) is 2.84. The van der Waals surface area contributed by atoms with Crippen molar-refractivity contribution in [2.75, 3.05) is 0 Å². The van der Waals surface area contributed by atoms with Crippen LogP contribution in [-0.4, -0.2) is 0 Å². The summed E-state index contributed by atoms with van der Waals surface area (Å²) in [6.45, 7) is 11.8. The number of halogens is 1. The van der Waals surface area contributed by atoms with Crippen LogP contribution in [0.1, 0.15) is 19.4 Å². The molecule has 0 aromatic heterocycles. The van der Waals surface area contributed by atoms with E-state index in [2.05, 4.69) is 89.8 Å². The van der Waals surface area contributed by atoms with Crippen LogP contribution in [0.5, 0.6) is 0 Å². The number of rotatable bonds is 5. The van der Waals surface area contributed by atoms with Gasteiger partial charge in [-0.2, -0.15) is 0 Å². The highest BCUT2D eigenvalue weighted by Gasteiger charge is 2.07. The third-order valence-electron chi connectivity index (χ3n) is 4.05. The standard InChI is InChI=1S/C24H19Br.C2H6/c1-3-9-18(4-2)21-14-22(19-10-6-5-7-11-19)16-23(15-21)20-12-8-13-24(25)17-20;1-2/h3-17H,1-2H2;1-2H3/b18-9+;. The monoisotopic (exact) mass is 416 g/mol. The van der Waals surface area contributed by atoms with Crippen molar-refractivity contribution in [3.63, 3.8) is 0 Å². The zero-order valence-corrected chi connectivity index (χ0v) is 17.5. The van der Waals surface area contributed by atoms with Gasteiger partial charge >= 0.3 is 0 Å². The predicted molar refractivity (Wildman–Crippen MR) is 125 cm³/mol. The topological polar surface area (TPSA) is 0 Å². The summed E-state index contributed by atoms with van der Waals surface area (Å²) in [6.07, 6.45) is 5.66. The predicted octanol–water partition coefficient (Wildman–Crippen LogP) is 8.56. The Hall–Kier alpha value is -2.64. The zero-order chi connectivity index (χ0) is 19.6. The Morgan fingerprint density at radius 2 is 1.37 bits per heavy atom. The summed E-state index contributed by atoms with van der Waals surface area (Å²) in [5.74, 6) is 0. The molecule has 0 heterocycles. The molecule has 1 heteroatoms. The third-order valence-corrected chi connectivity index (χ3v) is 4.54. The van der Waals surface area contributed by atoms with E-state index in [0.717, 1.165) is 15.6 Å². The summed E-state index contributed by atoms with van der Waals surface area (Å²) in [5.41, 5.74) is 6.92. The Kier molecular flexibility index (Phi) is 8.03. The molecule has 0 N–H and O–H groups in total. The van der Waals surface area contributed by atoms with Crippen LogP contribution in [0.15, 0.2) is 109 Å². The molecule has 0 aliphatic heterocycles. The second kappa shape index (κ2) is 10.5. The van der Waals surface area contributed by atoms with Crippen molar-refractivity contribution < 1.29 is 0 Å². The van der Waals surface area contributed by atoms with Crippen LogP contribution in [0.25, 0.3) is 27.8 Å². The van der Waals surface area contributed by atoms with Crippen molar-refractivity contribution in [2.24, 2.45) is 0 Å². The van der Waals surface area contributed by atoms with Gasteiger partial charge < -0.3 is 0 Å². The van der Waals surface area contributed by atoms with E-state index < -0.39 is 0 Å². The molecule has 0 radical (unpaired) electrons. The summed E-state index contributed by atoms with van der Waals surface area (Å²) in [5, 5.41) is 0. The van der Waals surface area contributed by atoms with Gasteiger partial charge in [0.15, 0.2) is 0 Å². The van der Waals surface area contributed by atoms with Crippen molar-refractivity contribution in [3.05, 3.63) is 114 Å². The lowest BCUT2D eigenvalue weighted by molar-refractivity contribution is 1.50. The lowest BCUT2D eigenvalue weighted by Gasteiger charge is -2.12. The van der Waals surface area contributed by atoms with E-state index in [9.17, 15) is 0 Å². The first-order chi connectivity index (χ1) is 13.2. The molecule has 0 nitrogen and oxygen atoms in total. The van der Waals surface area contributed by atoms with Gasteiger partial charge in [-0.25, -0.2) is 0 Å². The molecular weight excluding hydrogens is 392 g/mol. The summed E-state index contributed by atoms with van der Waals surface area (Å²) < 4.78 is 1.07. The van der Waals surface area contributed by atoms with Crippen LogP contribution in [0.2, 0.25) is 0 Å². The fourth-order valence-corrected chi connectivity index (χ4v) is 3.23. The first-order valence-corrected chi connectivity index (χ1v) is 9.92. The minimum absolute atomic E-state index is 1.06. The van der Waals surface area contributed by atoms with Gasteiger partial charge in [-0.3, -0.25) is 0 Å². The van der Waals surface area contributed by atoms with E-state index in [4.69, 9.17) is 0 Å². The molecule has 0 saturated heterocycles. The Bertz CT molecular complexity index is 933.